The molecule has 4 nitrogen and oxygen atoms in total. The number of anilines is 1. The van der Waals surface area contributed by atoms with Crippen molar-refractivity contribution in [2.24, 2.45) is 0 Å². The largest absolute Gasteiger partial charge is 0.311 e. The molecule has 1 amide bonds. The fraction of sp³-hybridized carbons (Fsp3) is 0.500. The monoisotopic (exact) mass is 199 g/mol. The van der Waals surface area contributed by atoms with Crippen LogP contribution in [0.4, 0.5) is 5.82 Å². The number of rotatable bonds is 4. The van der Waals surface area contributed by atoms with Crippen LogP contribution < -0.4 is 5.32 Å². The van der Waals surface area contributed by atoms with E-state index in [4.69, 9.17) is 0 Å². The van der Waals surface area contributed by atoms with Gasteiger partial charge in [0.1, 0.15) is 5.82 Å². The van der Waals surface area contributed by atoms with Gasteiger partial charge in [0.15, 0.2) is 0 Å². The summed E-state index contributed by atoms with van der Waals surface area (Å²) >= 11 is 1.66. The SMILES string of the molecule is CSCCC(=O)Nc1[nH]ncc1C. The van der Waals surface area contributed by atoms with Crippen molar-refractivity contribution in [3.05, 3.63) is 11.8 Å². The summed E-state index contributed by atoms with van der Waals surface area (Å²) < 4.78 is 0. The molecule has 1 heterocycles. The second kappa shape index (κ2) is 4.91. The molecule has 0 bridgehead atoms. The zero-order valence-electron chi connectivity index (χ0n) is 7.76. The lowest BCUT2D eigenvalue weighted by atomic mass is 10.3. The molecule has 1 rings (SSSR count). The molecule has 0 aliphatic carbocycles. The van der Waals surface area contributed by atoms with Gasteiger partial charge in [0.25, 0.3) is 0 Å². The molecule has 0 saturated carbocycles. The molecule has 2 N–H and O–H groups in total. The van der Waals surface area contributed by atoms with Gasteiger partial charge in [-0.1, -0.05) is 0 Å². The number of thioether (sulfide) groups is 1. The van der Waals surface area contributed by atoms with E-state index in [1.165, 1.54) is 0 Å². The third kappa shape index (κ3) is 3.10. The van der Waals surface area contributed by atoms with Gasteiger partial charge in [-0.05, 0) is 13.2 Å². The fourth-order valence-corrected chi connectivity index (χ4v) is 1.26. The molecule has 1 aromatic heterocycles. The van der Waals surface area contributed by atoms with E-state index in [0.717, 1.165) is 11.3 Å². The zero-order chi connectivity index (χ0) is 9.68. The number of aromatic nitrogens is 2. The Balaban J connectivity index is 2.41. The van der Waals surface area contributed by atoms with Crippen molar-refractivity contribution in [2.75, 3.05) is 17.3 Å². The smallest absolute Gasteiger partial charge is 0.226 e. The Morgan fingerprint density at radius 3 is 3.08 bits per heavy atom. The number of hydrogen-bond acceptors (Lipinski definition) is 3. The summed E-state index contributed by atoms with van der Waals surface area (Å²) in [7, 11) is 0. The van der Waals surface area contributed by atoms with E-state index < -0.39 is 0 Å². The first kappa shape index (κ1) is 10.1. The lowest BCUT2D eigenvalue weighted by molar-refractivity contribution is -0.115. The zero-order valence-corrected chi connectivity index (χ0v) is 8.57. The fourth-order valence-electron chi connectivity index (χ4n) is 0.870. The number of amides is 1. The van der Waals surface area contributed by atoms with Crippen molar-refractivity contribution >= 4 is 23.5 Å². The van der Waals surface area contributed by atoms with Gasteiger partial charge in [-0.25, -0.2) is 0 Å². The van der Waals surface area contributed by atoms with Crippen molar-refractivity contribution < 1.29 is 4.79 Å². The molecule has 0 aliphatic heterocycles. The summed E-state index contributed by atoms with van der Waals surface area (Å²) in [5.41, 5.74) is 0.956. The molecule has 0 aromatic carbocycles. The summed E-state index contributed by atoms with van der Waals surface area (Å²) in [5, 5.41) is 9.29. The van der Waals surface area contributed by atoms with Crippen LogP contribution >= 0.6 is 11.8 Å². The third-order valence-electron chi connectivity index (χ3n) is 1.63. The molecule has 72 valence electrons. The first-order valence-corrected chi connectivity index (χ1v) is 5.42. The Hall–Kier alpha value is -0.970. The number of nitrogens with one attached hydrogen (secondary N) is 2. The lowest BCUT2D eigenvalue weighted by Gasteiger charge is -2.01. The Morgan fingerprint density at radius 1 is 1.77 bits per heavy atom. The van der Waals surface area contributed by atoms with E-state index in [9.17, 15) is 4.79 Å². The first-order valence-electron chi connectivity index (χ1n) is 4.03. The summed E-state index contributed by atoms with van der Waals surface area (Å²) in [6.07, 6.45) is 4.21. The summed E-state index contributed by atoms with van der Waals surface area (Å²) in [5.74, 6) is 1.58. The quantitative estimate of drug-likeness (QED) is 0.770. The van der Waals surface area contributed by atoms with Crippen molar-refractivity contribution in [3.63, 3.8) is 0 Å². The van der Waals surface area contributed by atoms with Gasteiger partial charge < -0.3 is 5.32 Å². The standard InChI is InChI=1S/C8H13N3OS/c1-6-5-9-11-8(6)10-7(12)3-4-13-2/h5H,3-4H2,1-2H3,(H2,9,10,11,12). The second-order valence-corrected chi connectivity index (χ2v) is 3.70. The maximum atomic E-state index is 11.2. The first-order chi connectivity index (χ1) is 6.24. The van der Waals surface area contributed by atoms with Crippen LogP contribution in [0, 0.1) is 6.92 Å². The molecule has 0 unspecified atom stereocenters. The highest BCUT2D eigenvalue weighted by atomic mass is 32.2. The Kier molecular flexibility index (Phi) is 3.82. The van der Waals surface area contributed by atoms with Crippen molar-refractivity contribution in [1.82, 2.24) is 10.2 Å². The van der Waals surface area contributed by atoms with Crippen molar-refractivity contribution in [2.45, 2.75) is 13.3 Å². The van der Waals surface area contributed by atoms with Crippen LogP contribution in [-0.2, 0) is 4.79 Å². The Bertz CT molecular complexity index is 285. The molecule has 5 heteroatoms. The predicted molar refractivity (Wildman–Crippen MR) is 55.0 cm³/mol. The van der Waals surface area contributed by atoms with Crippen LogP contribution in [0.3, 0.4) is 0 Å². The highest BCUT2D eigenvalue weighted by molar-refractivity contribution is 7.98. The summed E-state index contributed by atoms with van der Waals surface area (Å²) in [4.78, 5) is 11.2. The minimum absolute atomic E-state index is 0.0294. The Morgan fingerprint density at radius 2 is 2.54 bits per heavy atom. The molecule has 0 saturated heterocycles. The minimum atomic E-state index is 0.0294. The molecule has 0 fully saturated rings. The molecule has 1 aromatic rings. The van der Waals surface area contributed by atoms with Gasteiger partial charge in [0, 0.05) is 17.7 Å². The van der Waals surface area contributed by atoms with Crippen LogP contribution in [0.1, 0.15) is 12.0 Å². The highest BCUT2D eigenvalue weighted by Gasteiger charge is 2.04. The predicted octanol–water partition coefficient (Wildman–Crippen LogP) is 1.41. The van der Waals surface area contributed by atoms with Gasteiger partial charge in [-0.3, -0.25) is 9.89 Å². The van der Waals surface area contributed by atoms with Gasteiger partial charge in [-0.2, -0.15) is 16.9 Å². The third-order valence-corrected chi connectivity index (χ3v) is 2.24. The van der Waals surface area contributed by atoms with Crippen molar-refractivity contribution in [1.29, 1.82) is 0 Å². The van der Waals surface area contributed by atoms with Crippen LogP contribution in [-0.4, -0.2) is 28.1 Å². The van der Waals surface area contributed by atoms with Crippen LogP contribution in [0.5, 0.6) is 0 Å². The molecule has 0 radical (unpaired) electrons. The molecular weight excluding hydrogens is 186 g/mol. The normalized spacial score (nSPS) is 10.0. The van der Waals surface area contributed by atoms with Gasteiger partial charge in [-0.15, -0.1) is 0 Å². The molecular formula is C8H13N3OS. The maximum absolute atomic E-state index is 11.2. The number of nitrogens with zero attached hydrogens (tertiary/aromatic N) is 1. The Labute approximate surface area is 81.5 Å². The average molecular weight is 199 g/mol. The van der Waals surface area contributed by atoms with E-state index in [2.05, 4.69) is 15.5 Å². The number of aromatic amines is 1. The number of hydrogen-bond donors (Lipinski definition) is 2. The van der Waals surface area contributed by atoms with Gasteiger partial charge in [0.05, 0.1) is 6.20 Å². The van der Waals surface area contributed by atoms with Crippen LogP contribution in [0.25, 0.3) is 0 Å². The maximum Gasteiger partial charge on any atom is 0.226 e. The topological polar surface area (TPSA) is 57.8 Å². The summed E-state index contributed by atoms with van der Waals surface area (Å²) in [6.45, 7) is 1.90. The van der Waals surface area contributed by atoms with Crippen molar-refractivity contribution in [3.8, 4) is 0 Å². The highest BCUT2D eigenvalue weighted by Crippen LogP contribution is 2.08. The van der Waals surface area contributed by atoms with E-state index in [1.807, 2.05) is 13.2 Å². The molecule has 13 heavy (non-hydrogen) atoms. The molecule has 0 spiro atoms. The van der Waals surface area contributed by atoms with E-state index in [1.54, 1.807) is 18.0 Å². The van der Waals surface area contributed by atoms with Gasteiger partial charge in [0.2, 0.25) is 5.91 Å². The van der Waals surface area contributed by atoms with Crippen LogP contribution in [0.15, 0.2) is 6.20 Å². The minimum Gasteiger partial charge on any atom is -0.311 e. The number of carbonyl (C=O) groups is 1. The van der Waals surface area contributed by atoms with E-state index >= 15 is 0 Å². The number of H-pyrrole nitrogens is 1. The van der Waals surface area contributed by atoms with E-state index in [0.29, 0.717) is 12.2 Å². The number of carbonyl (C=O) groups excluding carboxylic acids is 1. The summed E-state index contributed by atoms with van der Waals surface area (Å²) in [6, 6.07) is 0. The second-order valence-electron chi connectivity index (χ2n) is 2.72. The van der Waals surface area contributed by atoms with E-state index in [-0.39, 0.29) is 5.91 Å². The van der Waals surface area contributed by atoms with Crippen LogP contribution in [0.2, 0.25) is 0 Å². The lowest BCUT2D eigenvalue weighted by Crippen LogP contribution is -2.13. The molecule has 0 atom stereocenters. The average Bonchev–Trinajstić information content (AvgIpc) is 2.48. The van der Waals surface area contributed by atoms with Gasteiger partial charge >= 0.3 is 0 Å². The number of aryl methyl sites for hydroxylation is 1. The molecule has 0 aliphatic rings.